The third kappa shape index (κ3) is 3.70. The molecule has 1 aliphatic heterocycles. The molecule has 2 aliphatic rings. The van der Waals surface area contributed by atoms with E-state index in [1.165, 1.54) is 24.3 Å². The number of nitro groups is 1. The van der Waals surface area contributed by atoms with Crippen LogP contribution in [0.4, 0.5) is 11.4 Å². The molecule has 0 spiro atoms. The number of hydrogen-bond donors (Lipinski definition) is 3. The molecule has 3 atom stereocenters. The Morgan fingerprint density at radius 3 is 2.71 bits per heavy atom. The summed E-state index contributed by atoms with van der Waals surface area (Å²) in [6, 6.07) is 5.80. The van der Waals surface area contributed by atoms with Crippen LogP contribution in [-0.4, -0.2) is 34.9 Å². The standard InChI is InChI=1S/C16H20N4O4/c21-15(17-10-5-7-11(8-6-10)20(23)24)9-14-16(22)19-13-4-2-1-3-12(13)18-14/h5-8,12-14,18H,1-4,9H2,(H,17,21)(H,19,22)/p+1/t12-,13-,14-/m0/s1. The summed E-state index contributed by atoms with van der Waals surface area (Å²) in [6.07, 6.45) is 4.46. The van der Waals surface area contributed by atoms with E-state index in [-0.39, 0.29) is 30.0 Å². The van der Waals surface area contributed by atoms with Gasteiger partial charge in [0, 0.05) is 24.2 Å². The second-order valence-corrected chi connectivity index (χ2v) is 6.42. The zero-order valence-corrected chi connectivity index (χ0v) is 13.2. The number of anilines is 1. The van der Waals surface area contributed by atoms with Gasteiger partial charge in [0.2, 0.25) is 5.91 Å². The van der Waals surface area contributed by atoms with Crippen molar-refractivity contribution >= 4 is 23.2 Å². The molecule has 1 aliphatic carbocycles. The number of benzene rings is 1. The van der Waals surface area contributed by atoms with E-state index in [4.69, 9.17) is 0 Å². The van der Waals surface area contributed by atoms with Crippen molar-refractivity contribution in [2.45, 2.75) is 50.2 Å². The first-order chi connectivity index (χ1) is 11.5. The number of quaternary nitrogens is 1. The average Bonchev–Trinajstić information content (AvgIpc) is 2.56. The predicted molar refractivity (Wildman–Crippen MR) is 86.2 cm³/mol. The van der Waals surface area contributed by atoms with E-state index < -0.39 is 11.0 Å². The molecule has 1 saturated heterocycles. The minimum Gasteiger partial charge on any atom is -0.342 e. The zero-order valence-electron chi connectivity index (χ0n) is 13.2. The normalized spacial score (nSPS) is 26.2. The molecule has 4 N–H and O–H groups in total. The summed E-state index contributed by atoms with van der Waals surface area (Å²) in [7, 11) is 0. The van der Waals surface area contributed by atoms with E-state index in [1.807, 2.05) is 5.32 Å². The van der Waals surface area contributed by atoms with Crippen LogP contribution >= 0.6 is 0 Å². The van der Waals surface area contributed by atoms with Crippen LogP contribution in [0, 0.1) is 10.1 Å². The number of piperazine rings is 1. The molecule has 1 aromatic carbocycles. The van der Waals surface area contributed by atoms with Crippen LogP contribution in [0.3, 0.4) is 0 Å². The van der Waals surface area contributed by atoms with Crippen LogP contribution in [-0.2, 0) is 9.59 Å². The second-order valence-electron chi connectivity index (χ2n) is 6.42. The van der Waals surface area contributed by atoms with Crippen molar-refractivity contribution < 1.29 is 19.8 Å². The minimum atomic E-state index is -0.493. The number of non-ortho nitro benzene ring substituents is 1. The fourth-order valence-electron chi connectivity index (χ4n) is 3.48. The van der Waals surface area contributed by atoms with Gasteiger partial charge in [-0.05, 0) is 25.0 Å². The maximum absolute atomic E-state index is 12.2. The smallest absolute Gasteiger partial charge is 0.279 e. The highest BCUT2D eigenvalue weighted by atomic mass is 16.6. The first-order valence-corrected chi connectivity index (χ1v) is 8.22. The molecule has 8 nitrogen and oxygen atoms in total. The number of carbonyl (C=O) groups excluding carboxylic acids is 2. The molecule has 0 radical (unpaired) electrons. The van der Waals surface area contributed by atoms with Crippen LogP contribution in [0.25, 0.3) is 0 Å². The predicted octanol–water partition coefficient (Wildman–Crippen LogP) is 0.296. The van der Waals surface area contributed by atoms with Gasteiger partial charge in [0.05, 0.1) is 17.4 Å². The summed E-state index contributed by atoms with van der Waals surface area (Å²) in [6.45, 7) is 0. The van der Waals surface area contributed by atoms with Crippen LogP contribution in [0.15, 0.2) is 24.3 Å². The molecular formula is C16H21N4O4+. The van der Waals surface area contributed by atoms with Gasteiger partial charge < -0.3 is 16.0 Å². The fourth-order valence-corrected chi connectivity index (χ4v) is 3.48. The summed E-state index contributed by atoms with van der Waals surface area (Å²) in [5, 5.41) is 18.4. The molecule has 2 amide bonds. The number of nitro benzene ring substituents is 1. The number of nitrogens with two attached hydrogens (primary N) is 1. The van der Waals surface area contributed by atoms with Gasteiger partial charge in [-0.2, -0.15) is 0 Å². The van der Waals surface area contributed by atoms with E-state index in [0.717, 1.165) is 25.7 Å². The second kappa shape index (κ2) is 6.96. The summed E-state index contributed by atoms with van der Waals surface area (Å²) in [5.74, 6) is -0.355. The Kier molecular flexibility index (Phi) is 4.75. The number of nitrogens with zero attached hydrogens (tertiary/aromatic N) is 1. The third-order valence-electron chi connectivity index (χ3n) is 4.73. The van der Waals surface area contributed by atoms with Crippen molar-refractivity contribution in [3.05, 3.63) is 34.4 Å². The lowest BCUT2D eigenvalue weighted by Gasteiger charge is -2.37. The highest BCUT2D eigenvalue weighted by molar-refractivity contribution is 5.95. The van der Waals surface area contributed by atoms with Crippen molar-refractivity contribution in [2.75, 3.05) is 5.32 Å². The Morgan fingerprint density at radius 2 is 2.00 bits per heavy atom. The highest BCUT2D eigenvalue weighted by Gasteiger charge is 2.40. The van der Waals surface area contributed by atoms with Crippen molar-refractivity contribution in [1.29, 1.82) is 0 Å². The van der Waals surface area contributed by atoms with Gasteiger partial charge in [-0.25, -0.2) is 0 Å². The largest absolute Gasteiger partial charge is 0.342 e. The maximum Gasteiger partial charge on any atom is 0.279 e. The number of hydrogen-bond acceptors (Lipinski definition) is 4. The molecule has 128 valence electrons. The third-order valence-corrected chi connectivity index (χ3v) is 4.73. The summed E-state index contributed by atoms with van der Waals surface area (Å²) in [4.78, 5) is 34.4. The van der Waals surface area contributed by atoms with Crippen LogP contribution in [0.5, 0.6) is 0 Å². The number of amides is 2. The van der Waals surface area contributed by atoms with Crippen molar-refractivity contribution in [2.24, 2.45) is 0 Å². The van der Waals surface area contributed by atoms with Gasteiger partial charge in [-0.15, -0.1) is 0 Å². The van der Waals surface area contributed by atoms with E-state index >= 15 is 0 Å². The number of fused-ring (bicyclic) bond motifs is 1. The van der Waals surface area contributed by atoms with E-state index in [1.54, 1.807) is 0 Å². The van der Waals surface area contributed by atoms with E-state index in [9.17, 15) is 19.7 Å². The lowest BCUT2D eigenvalue weighted by molar-refractivity contribution is -0.718. The lowest BCUT2D eigenvalue weighted by Crippen LogP contribution is -3.03. The fraction of sp³-hybridized carbons (Fsp3) is 0.500. The summed E-state index contributed by atoms with van der Waals surface area (Å²) in [5.41, 5.74) is 0.452. The molecule has 3 rings (SSSR count). The molecule has 0 aromatic heterocycles. The van der Waals surface area contributed by atoms with Crippen LogP contribution < -0.4 is 16.0 Å². The van der Waals surface area contributed by atoms with Crippen molar-refractivity contribution in [1.82, 2.24) is 5.32 Å². The number of carbonyl (C=O) groups is 2. The van der Waals surface area contributed by atoms with Gasteiger partial charge in [-0.1, -0.05) is 6.42 Å². The van der Waals surface area contributed by atoms with Crippen molar-refractivity contribution in [3.63, 3.8) is 0 Å². The average molecular weight is 333 g/mol. The van der Waals surface area contributed by atoms with E-state index in [2.05, 4.69) is 10.6 Å². The Bertz CT molecular complexity index is 646. The van der Waals surface area contributed by atoms with Gasteiger partial charge in [0.25, 0.3) is 11.6 Å². The van der Waals surface area contributed by atoms with Gasteiger partial charge in [-0.3, -0.25) is 19.7 Å². The van der Waals surface area contributed by atoms with Crippen molar-refractivity contribution in [3.8, 4) is 0 Å². The Balaban J connectivity index is 1.56. The molecule has 8 heteroatoms. The molecule has 0 unspecified atom stereocenters. The van der Waals surface area contributed by atoms with Crippen LogP contribution in [0.1, 0.15) is 32.1 Å². The number of rotatable bonds is 4. The SMILES string of the molecule is O=C(C[C@@H]1[NH2+][C@H]2CCCC[C@@H]2NC1=O)Nc1ccc([N+](=O)[O-])cc1. The maximum atomic E-state index is 12.2. The molecule has 1 aromatic rings. The lowest BCUT2D eigenvalue weighted by atomic mass is 9.87. The summed E-state index contributed by atoms with van der Waals surface area (Å²) < 4.78 is 0. The quantitative estimate of drug-likeness (QED) is 0.542. The zero-order chi connectivity index (χ0) is 17.1. The highest BCUT2D eigenvalue weighted by Crippen LogP contribution is 2.19. The molecule has 2 fully saturated rings. The monoisotopic (exact) mass is 333 g/mol. The van der Waals surface area contributed by atoms with Gasteiger partial charge in [0.15, 0.2) is 6.04 Å². The topological polar surface area (TPSA) is 118 Å². The van der Waals surface area contributed by atoms with Gasteiger partial charge in [0.1, 0.15) is 6.04 Å². The molecule has 0 bridgehead atoms. The van der Waals surface area contributed by atoms with Crippen LogP contribution in [0.2, 0.25) is 0 Å². The first-order valence-electron chi connectivity index (χ1n) is 8.22. The molecular weight excluding hydrogens is 312 g/mol. The summed E-state index contributed by atoms with van der Waals surface area (Å²) >= 11 is 0. The van der Waals surface area contributed by atoms with Gasteiger partial charge >= 0.3 is 0 Å². The molecule has 1 saturated carbocycles. The Hall–Kier alpha value is -2.48. The van der Waals surface area contributed by atoms with E-state index in [0.29, 0.717) is 11.7 Å². The Morgan fingerprint density at radius 1 is 1.29 bits per heavy atom. The molecule has 1 heterocycles. The minimum absolute atomic E-state index is 0.0312. The number of nitrogens with one attached hydrogen (secondary N) is 2. The molecule has 24 heavy (non-hydrogen) atoms. The first kappa shape index (κ1) is 16.4. The Labute approximate surface area is 139 Å².